The maximum absolute atomic E-state index is 12.4. The van der Waals surface area contributed by atoms with Gasteiger partial charge in [0.25, 0.3) is 0 Å². The number of hydrogen-bond acceptors (Lipinski definition) is 4. The number of nitrogens with zero attached hydrogens (tertiary/aromatic N) is 2. The van der Waals surface area contributed by atoms with Gasteiger partial charge in [-0.2, -0.15) is 0 Å². The van der Waals surface area contributed by atoms with Crippen molar-refractivity contribution in [3.8, 4) is 0 Å². The normalized spacial score (nSPS) is 17.3. The fourth-order valence-corrected chi connectivity index (χ4v) is 4.95. The monoisotopic (exact) mass is 429 g/mol. The highest BCUT2D eigenvalue weighted by atomic mass is 32.2. The minimum Gasteiger partial charge on any atom is -0.376 e. The van der Waals surface area contributed by atoms with Crippen molar-refractivity contribution in [2.24, 2.45) is 10.9 Å². The maximum Gasteiger partial charge on any atom is 0.193 e. The number of ether oxygens (including phenoxy) is 1. The van der Waals surface area contributed by atoms with Gasteiger partial charge >= 0.3 is 0 Å². The summed E-state index contributed by atoms with van der Waals surface area (Å²) in [6, 6.07) is 18.8. The van der Waals surface area contributed by atoms with E-state index in [-0.39, 0.29) is 5.75 Å². The maximum atomic E-state index is 12.4. The van der Waals surface area contributed by atoms with Crippen LogP contribution in [0.15, 0.2) is 70.6 Å². The van der Waals surface area contributed by atoms with Crippen molar-refractivity contribution in [2.45, 2.75) is 24.3 Å². The Morgan fingerprint density at radius 1 is 1.13 bits per heavy atom. The van der Waals surface area contributed by atoms with E-state index in [1.165, 1.54) is 5.56 Å². The summed E-state index contributed by atoms with van der Waals surface area (Å²) in [5.41, 5.74) is 1.19. The zero-order valence-electron chi connectivity index (χ0n) is 17.5. The van der Waals surface area contributed by atoms with Crippen LogP contribution in [0.4, 0.5) is 0 Å². The van der Waals surface area contributed by atoms with Crippen LogP contribution in [0.25, 0.3) is 0 Å². The Morgan fingerprint density at radius 3 is 2.53 bits per heavy atom. The minimum absolute atomic E-state index is 0.122. The molecule has 2 aromatic rings. The van der Waals surface area contributed by atoms with Gasteiger partial charge in [-0.15, -0.1) is 0 Å². The average molecular weight is 430 g/mol. The first-order chi connectivity index (χ1) is 14.6. The number of nitrogens with one attached hydrogen (secondary N) is 1. The van der Waals surface area contributed by atoms with Gasteiger partial charge in [0.2, 0.25) is 0 Å². The predicted molar refractivity (Wildman–Crippen MR) is 120 cm³/mol. The second kappa shape index (κ2) is 11.1. The zero-order chi connectivity index (χ0) is 21.2. The summed E-state index contributed by atoms with van der Waals surface area (Å²) in [5, 5.41) is 3.31. The van der Waals surface area contributed by atoms with Gasteiger partial charge in [0.1, 0.15) is 0 Å². The van der Waals surface area contributed by atoms with Crippen molar-refractivity contribution in [2.75, 3.05) is 39.0 Å². The third kappa shape index (κ3) is 6.57. The van der Waals surface area contributed by atoms with E-state index in [0.29, 0.717) is 30.4 Å². The second-order valence-electron chi connectivity index (χ2n) is 7.56. The van der Waals surface area contributed by atoms with Gasteiger partial charge in [-0.3, -0.25) is 4.99 Å². The van der Waals surface area contributed by atoms with Crippen LogP contribution in [0, 0.1) is 5.92 Å². The molecule has 1 unspecified atom stereocenters. The molecule has 1 aliphatic rings. The highest BCUT2D eigenvalue weighted by Crippen LogP contribution is 2.17. The molecular weight excluding hydrogens is 398 g/mol. The van der Waals surface area contributed by atoms with E-state index in [0.717, 1.165) is 32.1 Å². The Hall–Kier alpha value is -2.38. The first kappa shape index (κ1) is 22.3. The summed E-state index contributed by atoms with van der Waals surface area (Å²) >= 11 is 0. The number of sulfone groups is 1. The first-order valence-electron chi connectivity index (χ1n) is 10.4. The van der Waals surface area contributed by atoms with Crippen molar-refractivity contribution in [3.63, 3.8) is 0 Å². The van der Waals surface area contributed by atoms with E-state index in [1.54, 1.807) is 31.3 Å². The van der Waals surface area contributed by atoms with Crippen LogP contribution >= 0.6 is 0 Å². The largest absolute Gasteiger partial charge is 0.376 e. The van der Waals surface area contributed by atoms with Gasteiger partial charge < -0.3 is 15.0 Å². The molecular formula is C23H31N3O3S. The van der Waals surface area contributed by atoms with Crippen LogP contribution in [-0.4, -0.2) is 58.3 Å². The van der Waals surface area contributed by atoms with Crippen molar-refractivity contribution >= 4 is 15.8 Å². The highest BCUT2D eigenvalue weighted by Gasteiger charge is 2.25. The Kier molecular flexibility index (Phi) is 8.28. The molecule has 1 N–H and O–H groups in total. The first-order valence-corrected chi connectivity index (χ1v) is 12.1. The molecule has 1 heterocycles. The van der Waals surface area contributed by atoms with E-state index in [4.69, 9.17) is 4.74 Å². The van der Waals surface area contributed by atoms with Crippen LogP contribution in [-0.2, 0) is 21.2 Å². The number of benzene rings is 2. The molecule has 0 amide bonds. The lowest BCUT2D eigenvalue weighted by Crippen LogP contribution is -2.41. The molecule has 1 atom stereocenters. The summed E-state index contributed by atoms with van der Waals surface area (Å²) in [6.07, 6.45) is 1.60. The molecule has 162 valence electrons. The fraction of sp³-hybridized carbons (Fsp3) is 0.435. The number of rotatable bonds is 9. The SMILES string of the molecule is CN=C(NCCCS(=O)(=O)c1ccccc1)N1CCC(COCc2ccccc2)C1. The molecule has 3 rings (SSSR count). The van der Waals surface area contributed by atoms with Crippen LogP contribution < -0.4 is 5.32 Å². The molecule has 1 saturated heterocycles. The Labute approximate surface area is 179 Å². The summed E-state index contributed by atoms with van der Waals surface area (Å²) < 4.78 is 30.6. The van der Waals surface area contributed by atoms with Crippen molar-refractivity contribution in [3.05, 3.63) is 66.2 Å². The average Bonchev–Trinajstić information content (AvgIpc) is 3.24. The standard InChI is InChI=1S/C23H31N3O3S/c1-24-23(25-14-8-16-30(27,28)22-11-6-3-7-12-22)26-15-13-21(17-26)19-29-18-20-9-4-2-5-10-20/h2-7,9-12,21H,8,13-19H2,1H3,(H,24,25). The Bertz CT molecular complexity index is 902. The minimum atomic E-state index is -3.24. The van der Waals surface area contributed by atoms with Gasteiger partial charge in [-0.25, -0.2) is 8.42 Å². The number of hydrogen-bond donors (Lipinski definition) is 1. The third-order valence-electron chi connectivity index (χ3n) is 5.24. The van der Waals surface area contributed by atoms with E-state index in [2.05, 4.69) is 27.3 Å². The molecule has 7 heteroatoms. The Balaban J connectivity index is 1.37. The van der Waals surface area contributed by atoms with E-state index in [9.17, 15) is 8.42 Å². The van der Waals surface area contributed by atoms with Crippen molar-refractivity contribution in [1.82, 2.24) is 10.2 Å². The van der Waals surface area contributed by atoms with Gasteiger partial charge in [-0.1, -0.05) is 48.5 Å². The zero-order valence-corrected chi connectivity index (χ0v) is 18.4. The molecule has 30 heavy (non-hydrogen) atoms. The van der Waals surface area contributed by atoms with Crippen LogP contribution in [0.1, 0.15) is 18.4 Å². The van der Waals surface area contributed by atoms with Crippen LogP contribution in [0.3, 0.4) is 0 Å². The lowest BCUT2D eigenvalue weighted by atomic mass is 10.1. The molecule has 1 aliphatic heterocycles. The molecule has 6 nitrogen and oxygen atoms in total. The molecule has 0 bridgehead atoms. The van der Waals surface area contributed by atoms with Crippen LogP contribution in [0.5, 0.6) is 0 Å². The lowest BCUT2D eigenvalue weighted by molar-refractivity contribution is 0.0907. The van der Waals surface area contributed by atoms with Crippen LogP contribution in [0.2, 0.25) is 0 Å². The molecule has 0 aliphatic carbocycles. The van der Waals surface area contributed by atoms with Gasteiger partial charge in [0.15, 0.2) is 15.8 Å². The van der Waals surface area contributed by atoms with E-state index in [1.807, 2.05) is 24.3 Å². The number of likely N-dealkylation sites (tertiary alicyclic amines) is 1. The van der Waals surface area contributed by atoms with Gasteiger partial charge in [0.05, 0.1) is 23.9 Å². The van der Waals surface area contributed by atoms with Gasteiger partial charge in [0, 0.05) is 32.6 Å². The number of guanidine groups is 1. The summed E-state index contributed by atoms with van der Waals surface area (Å²) in [7, 11) is -1.47. The van der Waals surface area contributed by atoms with Crippen molar-refractivity contribution < 1.29 is 13.2 Å². The van der Waals surface area contributed by atoms with Gasteiger partial charge in [-0.05, 0) is 30.5 Å². The molecule has 0 spiro atoms. The smallest absolute Gasteiger partial charge is 0.193 e. The van der Waals surface area contributed by atoms with Crippen molar-refractivity contribution in [1.29, 1.82) is 0 Å². The third-order valence-corrected chi connectivity index (χ3v) is 7.05. The molecule has 2 aromatic carbocycles. The molecule has 0 saturated carbocycles. The quantitative estimate of drug-likeness (QED) is 0.377. The summed E-state index contributed by atoms with van der Waals surface area (Å²) in [6.45, 7) is 3.78. The molecule has 0 aromatic heterocycles. The highest BCUT2D eigenvalue weighted by molar-refractivity contribution is 7.91. The topological polar surface area (TPSA) is 71.0 Å². The Morgan fingerprint density at radius 2 is 1.83 bits per heavy atom. The second-order valence-corrected chi connectivity index (χ2v) is 9.67. The molecule has 0 radical (unpaired) electrons. The van der Waals surface area contributed by atoms with E-state index < -0.39 is 9.84 Å². The lowest BCUT2D eigenvalue weighted by Gasteiger charge is -2.21. The van der Waals surface area contributed by atoms with E-state index >= 15 is 0 Å². The molecule has 1 fully saturated rings. The summed E-state index contributed by atoms with van der Waals surface area (Å²) in [5.74, 6) is 1.43. The fourth-order valence-electron chi connectivity index (χ4n) is 3.62. The predicted octanol–water partition coefficient (Wildman–Crippen LogP) is 2.96. The summed E-state index contributed by atoms with van der Waals surface area (Å²) in [4.78, 5) is 6.97. The number of aliphatic imine (C=N–C) groups is 1.